The van der Waals surface area contributed by atoms with Crippen LogP contribution < -0.4 is 0 Å². The molecule has 2 aromatic carbocycles. The standard InChI is InChI=1S/C22H24N2O2S2/c1-15(21-23-18-10-4-6-12-20(18)28-21)24(2)22(25)17-9-3-5-11-19(17)27-14-16-8-7-13-26-16/h3-6,9-12,15-16H,7-8,13-14H2,1-2H3/t15-,16-/m0/s1. The van der Waals surface area contributed by atoms with Crippen molar-refractivity contribution < 1.29 is 9.53 Å². The molecule has 1 aliphatic rings. The summed E-state index contributed by atoms with van der Waals surface area (Å²) in [5.74, 6) is 0.920. The average molecular weight is 413 g/mol. The molecule has 1 fully saturated rings. The van der Waals surface area contributed by atoms with Gasteiger partial charge in [0.1, 0.15) is 5.01 Å². The van der Waals surface area contributed by atoms with Gasteiger partial charge in [-0.15, -0.1) is 23.1 Å². The van der Waals surface area contributed by atoms with Crippen molar-refractivity contribution in [2.75, 3.05) is 19.4 Å². The molecule has 1 aromatic heterocycles. The normalized spacial score (nSPS) is 17.7. The molecule has 4 rings (SSSR count). The van der Waals surface area contributed by atoms with Gasteiger partial charge in [0.2, 0.25) is 0 Å². The lowest BCUT2D eigenvalue weighted by Gasteiger charge is -2.24. The highest BCUT2D eigenvalue weighted by Crippen LogP contribution is 2.32. The Labute approximate surface area is 173 Å². The fraction of sp³-hybridized carbons (Fsp3) is 0.364. The molecule has 4 nitrogen and oxygen atoms in total. The molecule has 2 heterocycles. The predicted molar refractivity (Wildman–Crippen MR) is 116 cm³/mol. The Bertz CT molecular complexity index is 933. The number of hydrogen-bond acceptors (Lipinski definition) is 5. The van der Waals surface area contributed by atoms with Crippen LogP contribution in [0.4, 0.5) is 0 Å². The molecule has 28 heavy (non-hydrogen) atoms. The van der Waals surface area contributed by atoms with Gasteiger partial charge in [-0.2, -0.15) is 0 Å². The number of hydrogen-bond donors (Lipinski definition) is 0. The molecule has 0 saturated carbocycles. The summed E-state index contributed by atoms with van der Waals surface area (Å²) in [5.41, 5.74) is 1.74. The minimum atomic E-state index is -0.0823. The van der Waals surface area contributed by atoms with Crippen LogP contribution in [0.15, 0.2) is 53.4 Å². The molecule has 2 atom stereocenters. The molecule has 1 amide bonds. The minimum absolute atomic E-state index is 0.0298. The van der Waals surface area contributed by atoms with Crippen molar-refractivity contribution in [3.05, 3.63) is 59.1 Å². The van der Waals surface area contributed by atoms with Crippen molar-refractivity contribution in [3.63, 3.8) is 0 Å². The molecule has 0 aliphatic carbocycles. The zero-order valence-electron chi connectivity index (χ0n) is 16.1. The van der Waals surface area contributed by atoms with E-state index in [9.17, 15) is 4.79 Å². The van der Waals surface area contributed by atoms with E-state index in [4.69, 9.17) is 9.72 Å². The number of carbonyl (C=O) groups excluding carboxylic acids is 1. The number of aromatic nitrogens is 1. The number of rotatable bonds is 6. The van der Waals surface area contributed by atoms with Crippen LogP contribution in [0.2, 0.25) is 0 Å². The molecule has 0 bridgehead atoms. The van der Waals surface area contributed by atoms with E-state index in [1.165, 1.54) is 0 Å². The maximum absolute atomic E-state index is 13.2. The first-order chi connectivity index (χ1) is 13.6. The fourth-order valence-electron chi connectivity index (χ4n) is 3.33. The lowest BCUT2D eigenvalue weighted by atomic mass is 10.2. The third-order valence-electron chi connectivity index (χ3n) is 5.14. The summed E-state index contributed by atoms with van der Waals surface area (Å²) in [5, 5.41) is 0.960. The van der Waals surface area contributed by atoms with Crippen molar-refractivity contribution in [2.45, 2.75) is 36.8 Å². The van der Waals surface area contributed by atoms with Crippen molar-refractivity contribution in [3.8, 4) is 0 Å². The molecule has 1 aliphatic heterocycles. The number of ether oxygens (including phenoxy) is 1. The second kappa shape index (κ2) is 8.64. The van der Waals surface area contributed by atoms with Crippen molar-refractivity contribution in [1.82, 2.24) is 9.88 Å². The second-order valence-electron chi connectivity index (χ2n) is 7.05. The van der Waals surface area contributed by atoms with Gasteiger partial charge < -0.3 is 9.64 Å². The zero-order chi connectivity index (χ0) is 19.5. The molecule has 0 spiro atoms. The summed E-state index contributed by atoms with van der Waals surface area (Å²) in [6.07, 6.45) is 2.54. The van der Waals surface area contributed by atoms with E-state index in [-0.39, 0.29) is 11.9 Å². The van der Waals surface area contributed by atoms with E-state index in [0.717, 1.165) is 50.9 Å². The van der Waals surface area contributed by atoms with Crippen molar-refractivity contribution in [2.24, 2.45) is 0 Å². The fourth-order valence-corrected chi connectivity index (χ4v) is 5.50. The number of thioether (sulfide) groups is 1. The number of fused-ring (bicyclic) bond motifs is 1. The molecule has 146 valence electrons. The topological polar surface area (TPSA) is 42.4 Å². The van der Waals surface area contributed by atoms with Gasteiger partial charge in [0.15, 0.2) is 0 Å². The van der Waals surface area contributed by atoms with E-state index >= 15 is 0 Å². The molecular weight excluding hydrogens is 388 g/mol. The number of thiazole rings is 1. The van der Waals surface area contributed by atoms with Gasteiger partial charge in [0, 0.05) is 24.3 Å². The SMILES string of the molecule is C[C@@H](c1nc2ccccc2s1)N(C)C(=O)c1ccccc1SC[C@@H]1CCCO1. The highest BCUT2D eigenvalue weighted by molar-refractivity contribution is 7.99. The van der Waals surface area contributed by atoms with Crippen LogP contribution in [0.1, 0.15) is 41.2 Å². The lowest BCUT2D eigenvalue weighted by molar-refractivity contribution is 0.0739. The van der Waals surface area contributed by atoms with Gasteiger partial charge in [0.05, 0.1) is 27.9 Å². The quantitative estimate of drug-likeness (QED) is 0.508. The Hall–Kier alpha value is -1.89. The summed E-state index contributed by atoms with van der Waals surface area (Å²) >= 11 is 3.37. The van der Waals surface area contributed by atoms with Crippen molar-refractivity contribution in [1.29, 1.82) is 0 Å². The molecule has 0 radical (unpaired) electrons. The van der Waals surface area contributed by atoms with E-state index < -0.39 is 0 Å². The van der Waals surface area contributed by atoms with Crippen molar-refractivity contribution >= 4 is 39.2 Å². The van der Waals surface area contributed by atoms with Gasteiger partial charge in [-0.05, 0) is 44.0 Å². The van der Waals surface area contributed by atoms with Crippen LogP contribution in [-0.4, -0.2) is 41.3 Å². The van der Waals surface area contributed by atoms with Crippen LogP contribution >= 0.6 is 23.1 Å². The highest BCUT2D eigenvalue weighted by atomic mass is 32.2. The Morgan fingerprint density at radius 2 is 2.07 bits per heavy atom. The second-order valence-corrected chi connectivity index (χ2v) is 9.18. The van der Waals surface area contributed by atoms with E-state index in [0.29, 0.717) is 6.10 Å². The maximum atomic E-state index is 13.2. The first-order valence-corrected chi connectivity index (χ1v) is 11.4. The molecule has 1 saturated heterocycles. The van der Waals surface area contributed by atoms with Gasteiger partial charge in [-0.25, -0.2) is 4.98 Å². The maximum Gasteiger partial charge on any atom is 0.255 e. The smallest absolute Gasteiger partial charge is 0.255 e. The van der Waals surface area contributed by atoms with Crippen LogP contribution in [0.3, 0.4) is 0 Å². The van der Waals surface area contributed by atoms with E-state index in [2.05, 4.69) is 6.07 Å². The minimum Gasteiger partial charge on any atom is -0.377 e. The Morgan fingerprint density at radius 3 is 2.86 bits per heavy atom. The summed E-state index contributed by atoms with van der Waals surface area (Å²) in [4.78, 5) is 20.8. The Balaban J connectivity index is 1.51. The van der Waals surface area contributed by atoms with Gasteiger partial charge >= 0.3 is 0 Å². The predicted octanol–water partition coefficient (Wildman–Crippen LogP) is 5.40. The van der Waals surface area contributed by atoms with Gasteiger partial charge in [-0.3, -0.25) is 4.79 Å². The third kappa shape index (κ3) is 4.09. The summed E-state index contributed by atoms with van der Waals surface area (Å²) < 4.78 is 6.87. The number of amides is 1. The summed E-state index contributed by atoms with van der Waals surface area (Å²) in [7, 11) is 1.86. The summed E-state index contributed by atoms with van der Waals surface area (Å²) in [6, 6.07) is 15.9. The average Bonchev–Trinajstić information content (AvgIpc) is 3.40. The van der Waals surface area contributed by atoms with Crippen LogP contribution in [-0.2, 0) is 4.74 Å². The molecule has 0 unspecified atom stereocenters. The first kappa shape index (κ1) is 19.4. The number of carbonyl (C=O) groups is 1. The first-order valence-electron chi connectivity index (χ1n) is 9.59. The molecule has 0 N–H and O–H groups in total. The van der Waals surface area contributed by atoms with Gasteiger partial charge in [0.25, 0.3) is 5.91 Å². The Morgan fingerprint density at radius 1 is 1.29 bits per heavy atom. The van der Waals surface area contributed by atoms with E-state index in [1.807, 2.05) is 56.4 Å². The van der Waals surface area contributed by atoms with Gasteiger partial charge in [-0.1, -0.05) is 24.3 Å². The third-order valence-corrected chi connectivity index (χ3v) is 7.55. The lowest BCUT2D eigenvalue weighted by Crippen LogP contribution is -2.30. The monoisotopic (exact) mass is 412 g/mol. The van der Waals surface area contributed by atoms with Crippen LogP contribution in [0.5, 0.6) is 0 Å². The van der Waals surface area contributed by atoms with E-state index in [1.54, 1.807) is 28.0 Å². The molecular formula is C22H24N2O2S2. The number of para-hydroxylation sites is 1. The highest BCUT2D eigenvalue weighted by Gasteiger charge is 2.24. The largest absolute Gasteiger partial charge is 0.377 e. The Kier molecular flexibility index (Phi) is 5.99. The number of nitrogens with zero attached hydrogens (tertiary/aromatic N) is 2. The van der Waals surface area contributed by atoms with Crippen LogP contribution in [0, 0.1) is 0 Å². The molecule has 6 heteroatoms. The van der Waals surface area contributed by atoms with Crippen LogP contribution in [0.25, 0.3) is 10.2 Å². The number of benzene rings is 2. The molecule has 3 aromatic rings. The summed E-state index contributed by atoms with van der Waals surface area (Å²) in [6.45, 7) is 2.89. The zero-order valence-corrected chi connectivity index (χ0v) is 17.8.